The van der Waals surface area contributed by atoms with Crippen molar-refractivity contribution in [2.24, 2.45) is 11.7 Å². The molecule has 20 heavy (non-hydrogen) atoms. The fourth-order valence-corrected chi connectivity index (χ4v) is 3.43. The minimum atomic E-state index is -0.472. The summed E-state index contributed by atoms with van der Waals surface area (Å²) in [5.41, 5.74) is 7.30. The summed E-state index contributed by atoms with van der Waals surface area (Å²) < 4.78 is 0.934. The zero-order chi connectivity index (χ0) is 14.7. The average molecular weight is 341 g/mol. The highest BCUT2D eigenvalue weighted by molar-refractivity contribution is 9.10. The van der Waals surface area contributed by atoms with Gasteiger partial charge in [0.1, 0.15) is 0 Å². The van der Waals surface area contributed by atoms with Gasteiger partial charge in [-0.15, -0.1) is 0 Å². The van der Waals surface area contributed by atoms with Crippen LogP contribution in [-0.2, 0) is 4.79 Å². The molecule has 0 radical (unpaired) electrons. The first-order valence-electron chi connectivity index (χ1n) is 6.98. The smallest absolute Gasteiger partial charge is 0.217 e. The number of hydrogen-bond donors (Lipinski definition) is 2. The predicted molar refractivity (Wildman–Crippen MR) is 83.5 cm³/mol. The number of amides is 1. The van der Waals surface area contributed by atoms with E-state index >= 15 is 0 Å². The van der Waals surface area contributed by atoms with E-state index in [-0.39, 0.29) is 5.91 Å². The van der Waals surface area contributed by atoms with Crippen molar-refractivity contribution >= 4 is 27.5 Å². The summed E-state index contributed by atoms with van der Waals surface area (Å²) >= 11 is 3.51. The highest BCUT2D eigenvalue weighted by Crippen LogP contribution is 2.31. The minimum absolute atomic E-state index is 0.201. The number of piperidine rings is 1. The lowest BCUT2D eigenvalue weighted by atomic mass is 9.93. The number of carbonyl (C=O) groups excluding carboxylic acids is 1. The lowest BCUT2D eigenvalue weighted by Crippen LogP contribution is -2.35. The van der Waals surface area contributed by atoms with E-state index in [1.165, 1.54) is 0 Å². The van der Waals surface area contributed by atoms with E-state index in [0.29, 0.717) is 12.3 Å². The third-order valence-electron chi connectivity index (χ3n) is 3.90. The molecule has 0 aromatic heterocycles. The molecule has 1 saturated heterocycles. The summed E-state index contributed by atoms with van der Waals surface area (Å²) in [5, 5.41) is 9.64. The number of rotatable bonds is 4. The summed E-state index contributed by atoms with van der Waals surface area (Å²) in [7, 11) is 0. The number of anilines is 1. The maximum Gasteiger partial charge on any atom is 0.217 e. The average Bonchev–Trinajstić information content (AvgIpc) is 2.38. The van der Waals surface area contributed by atoms with Gasteiger partial charge in [0, 0.05) is 29.7 Å². The van der Waals surface area contributed by atoms with Crippen LogP contribution in [0.1, 0.15) is 37.9 Å². The van der Waals surface area contributed by atoms with Gasteiger partial charge in [0.05, 0.1) is 6.10 Å². The van der Waals surface area contributed by atoms with Gasteiger partial charge < -0.3 is 15.7 Å². The van der Waals surface area contributed by atoms with Crippen LogP contribution in [0, 0.1) is 5.92 Å². The number of benzene rings is 1. The van der Waals surface area contributed by atoms with Crippen molar-refractivity contribution in [3.8, 4) is 0 Å². The third kappa shape index (κ3) is 3.73. The van der Waals surface area contributed by atoms with Gasteiger partial charge in [0.15, 0.2) is 0 Å². The predicted octanol–water partition coefficient (Wildman–Crippen LogP) is 2.59. The number of halogens is 1. The largest absolute Gasteiger partial charge is 0.389 e. The molecule has 5 heteroatoms. The number of nitrogens with two attached hydrogens (primary N) is 1. The van der Waals surface area contributed by atoms with Crippen LogP contribution >= 0.6 is 15.9 Å². The van der Waals surface area contributed by atoms with Crippen molar-refractivity contribution < 1.29 is 9.90 Å². The highest BCUT2D eigenvalue weighted by Gasteiger charge is 2.21. The van der Waals surface area contributed by atoms with E-state index in [9.17, 15) is 9.90 Å². The van der Waals surface area contributed by atoms with Gasteiger partial charge in [-0.3, -0.25) is 4.79 Å². The van der Waals surface area contributed by atoms with Crippen LogP contribution in [0.15, 0.2) is 22.7 Å². The Morgan fingerprint density at radius 3 is 2.65 bits per heavy atom. The molecule has 110 valence electrons. The molecule has 0 saturated carbocycles. The number of hydrogen-bond acceptors (Lipinski definition) is 3. The molecule has 1 aliphatic heterocycles. The minimum Gasteiger partial charge on any atom is -0.389 e. The molecule has 1 amide bonds. The van der Waals surface area contributed by atoms with Gasteiger partial charge in [-0.1, -0.05) is 22.0 Å². The van der Waals surface area contributed by atoms with E-state index in [1.807, 2.05) is 12.1 Å². The maximum atomic E-state index is 10.9. The first-order chi connectivity index (χ1) is 9.47. The van der Waals surface area contributed by atoms with Crippen molar-refractivity contribution in [1.29, 1.82) is 0 Å². The first kappa shape index (κ1) is 15.3. The molecule has 3 N–H and O–H groups in total. The number of nitrogens with zero attached hydrogens (tertiary/aromatic N) is 1. The van der Waals surface area contributed by atoms with Gasteiger partial charge >= 0.3 is 0 Å². The van der Waals surface area contributed by atoms with E-state index in [4.69, 9.17) is 5.73 Å². The second-order valence-corrected chi connectivity index (χ2v) is 6.34. The Kier molecular flexibility index (Phi) is 5.05. The van der Waals surface area contributed by atoms with Crippen molar-refractivity contribution in [1.82, 2.24) is 0 Å². The maximum absolute atomic E-state index is 10.9. The fourth-order valence-electron chi connectivity index (χ4n) is 2.73. The van der Waals surface area contributed by atoms with E-state index < -0.39 is 6.10 Å². The van der Waals surface area contributed by atoms with Crippen LogP contribution in [0.4, 0.5) is 5.69 Å². The molecule has 1 fully saturated rings. The lowest BCUT2D eigenvalue weighted by Gasteiger charge is -2.33. The highest BCUT2D eigenvalue weighted by atomic mass is 79.9. The molecule has 1 aromatic carbocycles. The molecule has 0 unspecified atom stereocenters. The summed E-state index contributed by atoms with van der Waals surface area (Å²) in [4.78, 5) is 13.3. The summed E-state index contributed by atoms with van der Waals surface area (Å²) in [6.07, 6.45) is 2.02. The van der Waals surface area contributed by atoms with Crippen LogP contribution in [0.5, 0.6) is 0 Å². The second-order valence-electron chi connectivity index (χ2n) is 5.48. The Morgan fingerprint density at radius 2 is 2.15 bits per heavy atom. The zero-order valence-electron chi connectivity index (χ0n) is 11.7. The van der Waals surface area contributed by atoms with Crippen LogP contribution in [0.2, 0.25) is 0 Å². The Morgan fingerprint density at radius 1 is 1.50 bits per heavy atom. The topological polar surface area (TPSA) is 66.6 Å². The molecule has 0 bridgehead atoms. The van der Waals surface area contributed by atoms with E-state index in [2.05, 4.69) is 26.9 Å². The number of aliphatic hydroxyl groups excluding tert-OH is 1. The lowest BCUT2D eigenvalue weighted by molar-refractivity contribution is -0.119. The summed E-state index contributed by atoms with van der Waals surface area (Å²) in [5.74, 6) is 0.219. The molecular weight excluding hydrogens is 320 g/mol. The van der Waals surface area contributed by atoms with E-state index in [1.54, 1.807) is 6.92 Å². The number of aliphatic hydroxyl groups is 1. The molecule has 0 aliphatic carbocycles. The van der Waals surface area contributed by atoms with Gasteiger partial charge in [-0.05, 0) is 43.4 Å². The summed E-state index contributed by atoms with van der Waals surface area (Å²) in [6.45, 7) is 3.64. The van der Waals surface area contributed by atoms with Crippen molar-refractivity contribution in [3.63, 3.8) is 0 Å². The Bertz CT molecular complexity index is 483. The Balaban J connectivity index is 2.00. The van der Waals surface area contributed by atoms with Crippen LogP contribution in [-0.4, -0.2) is 24.1 Å². The van der Waals surface area contributed by atoms with Crippen molar-refractivity contribution in [2.75, 3.05) is 18.0 Å². The first-order valence-corrected chi connectivity index (χ1v) is 7.77. The van der Waals surface area contributed by atoms with Gasteiger partial charge in [-0.2, -0.15) is 0 Å². The molecule has 1 aliphatic rings. The molecular formula is C15H21BrN2O2. The third-order valence-corrected chi connectivity index (χ3v) is 4.59. The number of carbonyl (C=O) groups is 1. The van der Waals surface area contributed by atoms with Gasteiger partial charge in [-0.25, -0.2) is 0 Å². The fraction of sp³-hybridized carbons (Fsp3) is 0.533. The zero-order valence-corrected chi connectivity index (χ0v) is 13.3. The van der Waals surface area contributed by atoms with Crippen molar-refractivity contribution in [3.05, 3.63) is 28.2 Å². The SMILES string of the molecule is C[C@@H](O)c1ccc(N2CCC(CC(N)=O)CC2)cc1Br. The second kappa shape index (κ2) is 6.59. The molecule has 2 rings (SSSR count). The molecule has 4 nitrogen and oxygen atoms in total. The van der Waals surface area contributed by atoms with Gasteiger partial charge in [0.25, 0.3) is 0 Å². The quantitative estimate of drug-likeness (QED) is 0.885. The molecule has 1 heterocycles. The normalized spacial score (nSPS) is 18.1. The van der Waals surface area contributed by atoms with Gasteiger partial charge in [0.2, 0.25) is 5.91 Å². The summed E-state index contributed by atoms with van der Waals surface area (Å²) in [6, 6.07) is 6.05. The number of primary amides is 1. The molecule has 1 atom stereocenters. The van der Waals surface area contributed by atoms with Crippen LogP contribution < -0.4 is 10.6 Å². The monoisotopic (exact) mass is 340 g/mol. The van der Waals surface area contributed by atoms with Crippen molar-refractivity contribution in [2.45, 2.75) is 32.3 Å². The van der Waals surface area contributed by atoms with Crippen LogP contribution in [0.3, 0.4) is 0 Å². The van der Waals surface area contributed by atoms with E-state index in [0.717, 1.165) is 41.7 Å². The van der Waals surface area contributed by atoms with Crippen LogP contribution in [0.25, 0.3) is 0 Å². The molecule has 0 spiro atoms. The molecule has 1 aromatic rings. The Hall–Kier alpha value is -1.07. The standard InChI is InChI=1S/C15H21BrN2O2/c1-10(19)13-3-2-12(9-14(13)16)18-6-4-11(5-7-18)8-15(17)20/h2-3,9-11,19H,4-8H2,1H3,(H2,17,20)/t10-/m1/s1. The Labute approximate surface area is 128 Å².